The van der Waals surface area contributed by atoms with Gasteiger partial charge in [-0.2, -0.15) is 0 Å². The van der Waals surface area contributed by atoms with Gasteiger partial charge in [-0.3, -0.25) is 4.98 Å². The van der Waals surface area contributed by atoms with E-state index in [0.717, 1.165) is 22.6 Å². The Morgan fingerprint density at radius 2 is 1.89 bits per heavy atom. The smallest absolute Gasteiger partial charge is 0.174 e. The van der Waals surface area contributed by atoms with E-state index in [2.05, 4.69) is 10.3 Å². The summed E-state index contributed by atoms with van der Waals surface area (Å²) in [5.74, 6) is 0.789. The van der Waals surface area contributed by atoms with E-state index in [1.165, 1.54) is 0 Å². The minimum absolute atomic E-state index is 0.535. The molecule has 0 radical (unpaired) electrons. The molecule has 0 fully saturated rings. The van der Waals surface area contributed by atoms with Crippen LogP contribution in [-0.2, 0) is 13.1 Å². The molecule has 3 rings (SSSR count). The lowest BCUT2D eigenvalue weighted by Crippen LogP contribution is -2.34. The zero-order chi connectivity index (χ0) is 19.9. The molecule has 1 N–H and O–H groups in total. The topological polar surface area (TPSA) is 37.4 Å². The van der Waals surface area contributed by atoms with Crippen LogP contribution in [0.5, 0.6) is 5.75 Å². The van der Waals surface area contributed by atoms with E-state index in [4.69, 9.17) is 40.2 Å². The molecule has 0 aliphatic rings. The van der Waals surface area contributed by atoms with Crippen molar-refractivity contribution in [2.75, 3.05) is 12.4 Å². The van der Waals surface area contributed by atoms with Gasteiger partial charge < -0.3 is 15.0 Å². The van der Waals surface area contributed by atoms with Crippen LogP contribution in [0, 0.1) is 0 Å². The molecule has 0 amide bonds. The molecule has 0 aliphatic heterocycles. The molecule has 7 heteroatoms. The van der Waals surface area contributed by atoms with Crippen LogP contribution in [0.1, 0.15) is 11.1 Å². The second kappa shape index (κ2) is 9.73. The van der Waals surface area contributed by atoms with Crippen molar-refractivity contribution < 1.29 is 4.74 Å². The van der Waals surface area contributed by atoms with Crippen LogP contribution < -0.4 is 10.1 Å². The van der Waals surface area contributed by atoms with E-state index in [-0.39, 0.29) is 0 Å². The first-order valence-electron chi connectivity index (χ1n) is 8.58. The molecule has 0 saturated carbocycles. The Bertz CT molecular complexity index is 936. The van der Waals surface area contributed by atoms with Crippen molar-refractivity contribution in [1.82, 2.24) is 9.88 Å². The van der Waals surface area contributed by atoms with Crippen LogP contribution in [0.25, 0.3) is 0 Å². The van der Waals surface area contributed by atoms with Gasteiger partial charge >= 0.3 is 0 Å². The van der Waals surface area contributed by atoms with E-state index in [9.17, 15) is 0 Å². The number of pyridine rings is 1. The maximum atomic E-state index is 6.37. The maximum Gasteiger partial charge on any atom is 0.174 e. The number of hydrogen-bond donors (Lipinski definition) is 1. The summed E-state index contributed by atoms with van der Waals surface area (Å²) in [5, 5.41) is 5.07. The third kappa shape index (κ3) is 5.58. The van der Waals surface area contributed by atoms with E-state index < -0.39 is 0 Å². The SMILES string of the molecule is COc1ccc(NC(=S)N(Cc2cccnc2)Cc2ccc(Cl)cc2Cl)cc1. The molecule has 2 aromatic carbocycles. The molecular weight excluding hydrogens is 413 g/mol. The fourth-order valence-corrected chi connectivity index (χ4v) is 3.36. The summed E-state index contributed by atoms with van der Waals surface area (Å²) in [5.41, 5.74) is 2.87. The number of nitrogens with one attached hydrogen (secondary N) is 1. The van der Waals surface area contributed by atoms with Crippen LogP contribution >= 0.6 is 35.4 Å². The Balaban J connectivity index is 1.80. The lowest BCUT2D eigenvalue weighted by atomic mass is 10.2. The molecule has 0 atom stereocenters. The summed E-state index contributed by atoms with van der Waals surface area (Å²) in [4.78, 5) is 6.22. The summed E-state index contributed by atoms with van der Waals surface area (Å²) in [6.45, 7) is 1.13. The van der Waals surface area contributed by atoms with Gasteiger partial charge in [0.15, 0.2) is 5.11 Å². The Kier molecular flexibility index (Phi) is 7.09. The third-order valence-electron chi connectivity index (χ3n) is 4.10. The first-order valence-corrected chi connectivity index (χ1v) is 9.74. The summed E-state index contributed by atoms with van der Waals surface area (Å²) in [6, 6.07) is 17.0. The molecule has 0 bridgehead atoms. The van der Waals surface area contributed by atoms with Crippen molar-refractivity contribution in [2.24, 2.45) is 0 Å². The van der Waals surface area contributed by atoms with Gasteiger partial charge in [0.25, 0.3) is 0 Å². The minimum atomic E-state index is 0.535. The quantitative estimate of drug-likeness (QED) is 0.499. The lowest BCUT2D eigenvalue weighted by Gasteiger charge is -2.26. The average Bonchev–Trinajstić information content (AvgIpc) is 2.70. The molecule has 3 aromatic rings. The predicted molar refractivity (Wildman–Crippen MR) is 119 cm³/mol. The predicted octanol–water partition coefficient (Wildman–Crippen LogP) is 5.80. The Morgan fingerprint density at radius 3 is 2.54 bits per heavy atom. The average molecular weight is 432 g/mol. The zero-order valence-electron chi connectivity index (χ0n) is 15.2. The van der Waals surface area contributed by atoms with Gasteiger partial charge in [-0.1, -0.05) is 35.3 Å². The van der Waals surface area contributed by atoms with E-state index in [1.807, 2.05) is 59.6 Å². The Morgan fingerprint density at radius 1 is 1.11 bits per heavy atom. The summed E-state index contributed by atoms with van der Waals surface area (Å²) in [7, 11) is 1.64. The lowest BCUT2D eigenvalue weighted by molar-refractivity contribution is 0.412. The number of rotatable bonds is 6. The largest absolute Gasteiger partial charge is 0.497 e. The molecule has 1 aromatic heterocycles. The zero-order valence-corrected chi connectivity index (χ0v) is 17.6. The van der Waals surface area contributed by atoms with Crippen molar-refractivity contribution in [3.05, 3.63) is 88.2 Å². The fourth-order valence-electron chi connectivity index (χ4n) is 2.64. The highest BCUT2D eigenvalue weighted by molar-refractivity contribution is 7.80. The third-order valence-corrected chi connectivity index (χ3v) is 5.05. The molecule has 28 heavy (non-hydrogen) atoms. The van der Waals surface area contributed by atoms with Crippen molar-refractivity contribution in [3.8, 4) is 5.75 Å². The number of benzene rings is 2. The number of anilines is 1. The van der Waals surface area contributed by atoms with Gasteiger partial charge in [0.2, 0.25) is 0 Å². The van der Waals surface area contributed by atoms with Gasteiger partial charge in [-0.15, -0.1) is 0 Å². The van der Waals surface area contributed by atoms with Gasteiger partial charge in [-0.25, -0.2) is 0 Å². The number of methoxy groups -OCH3 is 1. The molecule has 0 spiro atoms. The molecule has 0 saturated heterocycles. The van der Waals surface area contributed by atoms with Gasteiger partial charge in [0.1, 0.15) is 5.75 Å². The highest BCUT2D eigenvalue weighted by Crippen LogP contribution is 2.24. The molecule has 1 heterocycles. The number of thiocarbonyl (C=S) groups is 1. The number of ether oxygens (including phenoxy) is 1. The molecule has 0 unspecified atom stereocenters. The minimum Gasteiger partial charge on any atom is -0.497 e. The molecule has 0 aliphatic carbocycles. The summed E-state index contributed by atoms with van der Waals surface area (Å²) < 4.78 is 5.20. The van der Waals surface area contributed by atoms with Gasteiger partial charge in [0.05, 0.1) is 7.11 Å². The van der Waals surface area contributed by atoms with Gasteiger partial charge in [0, 0.05) is 41.2 Å². The van der Waals surface area contributed by atoms with Crippen LogP contribution in [0.3, 0.4) is 0 Å². The van der Waals surface area contributed by atoms with Crippen LogP contribution in [-0.4, -0.2) is 22.1 Å². The van der Waals surface area contributed by atoms with Crippen molar-refractivity contribution in [1.29, 1.82) is 0 Å². The maximum absolute atomic E-state index is 6.37. The Labute approximate surface area is 180 Å². The highest BCUT2D eigenvalue weighted by atomic mass is 35.5. The van der Waals surface area contributed by atoms with E-state index in [1.54, 1.807) is 19.4 Å². The van der Waals surface area contributed by atoms with E-state index >= 15 is 0 Å². The second-order valence-electron chi connectivity index (χ2n) is 6.11. The van der Waals surface area contributed by atoms with Crippen LogP contribution in [0.15, 0.2) is 67.0 Å². The molecule has 4 nitrogen and oxygen atoms in total. The Hall–Kier alpha value is -2.34. The monoisotopic (exact) mass is 431 g/mol. The summed E-state index contributed by atoms with van der Waals surface area (Å²) in [6.07, 6.45) is 3.57. The summed E-state index contributed by atoms with van der Waals surface area (Å²) >= 11 is 18.1. The second-order valence-corrected chi connectivity index (χ2v) is 7.34. The molecule has 144 valence electrons. The van der Waals surface area contributed by atoms with E-state index in [0.29, 0.717) is 28.2 Å². The number of hydrogen-bond acceptors (Lipinski definition) is 3. The number of nitrogens with zero attached hydrogens (tertiary/aromatic N) is 2. The number of aromatic nitrogens is 1. The standard InChI is InChI=1S/C21H19Cl2N3OS/c1-27-19-8-6-18(7-9-19)25-21(28)26(13-15-3-2-10-24-12-15)14-16-4-5-17(22)11-20(16)23/h2-12H,13-14H2,1H3,(H,25,28). The van der Waals surface area contributed by atoms with Crippen molar-refractivity contribution in [2.45, 2.75) is 13.1 Å². The van der Waals surface area contributed by atoms with Crippen LogP contribution in [0.4, 0.5) is 5.69 Å². The van der Waals surface area contributed by atoms with Crippen molar-refractivity contribution in [3.63, 3.8) is 0 Å². The van der Waals surface area contributed by atoms with Crippen molar-refractivity contribution >= 4 is 46.2 Å². The molecular formula is C21H19Cl2N3OS. The first-order chi connectivity index (χ1) is 13.5. The highest BCUT2D eigenvalue weighted by Gasteiger charge is 2.14. The van der Waals surface area contributed by atoms with Crippen LogP contribution in [0.2, 0.25) is 10.0 Å². The fraction of sp³-hybridized carbons (Fsp3) is 0.143. The number of halogens is 2. The van der Waals surface area contributed by atoms with Gasteiger partial charge in [-0.05, 0) is 65.8 Å². The normalized spacial score (nSPS) is 10.4. The first kappa shape index (κ1) is 20.4.